The molecule has 2 aromatic carbocycles. The molecule has 6 heteroatoms. The number of carbonyl (C=O) groups excluding carboxylic acids is 2. The number of rotatable bonds is 5. The van der Waals surface area contributed by atoms with Crippen molar-refractivity contribution in [3.8, 4) is 0 Å². The van der Waals surface area contributed by atoms with Gasteiger partial charge in [-0.2, -0.15) is 0 Å². The Balaban J connectivity index is 1.64. The van der Waals surface area contributed by atoms with Crippen LogP contribution in [0.3, 0.4) is 0 Å². The maximum atomic E-state index is 13.3. The van der Waals surface area contributed by atoms with E-state index in [1.165, 1.54) is 24.3 Å². The zero-order valence-corrected chi connectivity index (χ0v) is 17.2. The lowest BCUT2D eigenvalue weighted by atomic mass is 9.89. The van der Waals surface area contributed by atoms with Gasteiger partial charge in [-0.3, -0.25) is 14.6 Å². The van der Waals surface area contributed by atoms with Crippen LogP contribution < -0.4 is 9.80 Å². The van der Waals surface area contributed by atoms with Crippen molar-refractivity contribution in [2.45, 2.75) is 31.7 Å². The lowest BCUT2D eigenvalue weighted by Gasteiger charge is -2.31. The van der Waals surface area contributed by atoms with E-state index in [0.717, 1.165) is 12.1 Å². The molecule has 150 valence electrons. The van der Waals surface area contributed by atoms with Crippen LogP contribution in [-0.2, 0) is 4.79 Å². The number of halogens is 1. The number of likely N-dealkylation sites (tertiary alicyclic amines) is 1. The minimum atomic E-state index is -0.564. The van der Waals surface area contributed by atoms with Gasteiger partial charge in [-0.25, -0.2) is 4.90 Å². The van der Waals surface area contributed by atoms with Crippen molar-refractivity contribution in [3.05, 3.63) is 64.7 Å². The van der Waals surface area contributed by atoms with Gasteiger partial charge in [-0.15, -0.1) is 0 Å². The van der Waals surface area contributed by atoms with Gasteiger partial charge in [0.15, 0.2) is 0 Å². The Bertz CT molecular complexity index is 941. The fourth-order valence-corrected chi connectivity index (χ4v) is 4.52. The average molecular weight is 411 g/mol. The Kier molecular flexibility index (Phi) is 5.79. The highest BCUT2D eigenvalue weighted by atomic mass is 35.5. The Morgan fingerprint density at radius 1 is 1.17 bits per heavy atom. The molecule has 2 heterocycles. The molecule has 0 radical (unpaired) electrons. The molecule has 2 unspecified atom stereocenters. The van der Waals surface area contributed by atoms with Gasteiger partial charge in [0.05, 0.1) is 31.2 Å². The van der Waals surface area contributed by atoms with Crippen LogP contribution in [0.4, 0.5) is 5.69 Å². The summed E-state index contributed by atoms with van der Waals surface area (Å²) in [6.45, 7) is 5.21. The lowest BCUT2D eigenvalue weighted by Crippen LogP contribution is -3.13. The van der Waals surface area contributed by atoms with Crippen molar-refractivity contribution < 1.29 is 14.5 Å². The highest BCUT2D eigenvalue weighted by molar-refractivity contribution is 6.31. The standard InChI is InChI=1S/C23H24ClN3O2/c1-2-26-13-5-6-18(26)14-25-15-21-19-7-3-4-8-20(19)22(28)27(23(21)29)17-11-9-16(24)10-12-17/h3-4,7-12,15,18,21H,2,5-6,13-14H2,1H3/p+1/t18-,21?/m1/s1. The highest BCUT2D eigenvalue weighted by Crippen LogP contribution is 2.32. The molecule has 0 aliphatic carbocycles. The summed E-state index contributed by atoms with van der Waals surface area (Å²) in [7, 11) is 0. The molecule has 0 bridgehead atoms. The number of hydrogen-bond acceptors (Lipinski definition) is 3. The van der Waals surface area contributed by atoms with Crippen molar-refractivity contribution in [3.63, 3.8) is 0 Å². The predicted molar refractivity (Wildman–Crippen MR) is 115 cm³/mol. The predicted octanol–water partition coefficient (Wildman–Crippen LogP) is 2.75. The van der Waals surface area contributed by atoms with Crippen LogP contribution in [0.5, 0.6) is 0 Å². The summed E-state index contributed by atoms with van der Waals surface area (Å²) in [6, 6.07) is 14.6. The number of benzene rings is 2. The molecule has 29 heavy (non-hydrogen) atoms. The molecule has 1 fully saturated rings. The summed E-state index contributed by atoms with van der Waals surface area (Å²) in [4.78, 5) is 33.8. The lowest BCUT2D eigenvalue weighted by molar-refractivity contribution is -0.908. The van der Waals surface area contributed by atoms with E-state index in [1.54, 1.807) is 41.4 Å². The van der Waals surface area contributed by atoms with Crippen LogP contribution in [-0.4, -0.2) is 43.7 Å². The number of anilines is 1. The van der Waals surface area contributed by atoms with Gasteiger partial charge in [-0.05, 0) is 42.8 Å². The molecular weight excluding hydrogens is 386 g/mol. The second-order valence-electron chi connectivity index (χ2n) is 7.64. The summed E-state index contributed by atoms with van der Waals surface area (Å²) in [5, 5.41) is 0.559. The third-order valence-electron chi connectivity index (χ3n) is 5.96. The SMILES string of the molecule is CC[NH+]1CCC[C@@H]1CN=CC1C(=O)N(c2ccc(Cl)cc2)C(=O)c2ccccc21. The maximum Gasteiger partial charge on any atom is 0.265 e. The molecule has 2 aromatic rings. The van der Waals surface area contributed by atoms with Crippen molar-refractivity contribution in [2.75, 3.05) is 24.5 Å². The molecule has 2 aliphatic heterocycles. The van der Waals surface area contributed by atoms with Gasteiger partial charge in [0.2, 0.25) is 5.91 Å². The Morgan fingerprint density at radius 2 is 1.93 bits per heavy atom. The first-order valence-corrected chi connectivity index (χ1v) is 10.5. The number of likely N-dealkylation sites (N-methyl/N-ethyl adjacent to an activating group) is 1. The van der Waals surface area contributed by atoms with Gasteiger partial charge in [0.1, 0.15) is 6.04 Å². The Hall–Kier alpha value is -2.50. The zero-order valence-electron chi connectivity index (χ0n) is 16.5. The molecule has 4 rings (SSSR count). The van der Waals surface area contributed by atoms with E-state index in [2.05, 4.69) is 11.9 Å². The van der Waals surface area contributed by atoms with Crippen LogP contribution in [0.1, 0.15) is 41.6 Å². The summed E-state index contributed by atoms with van der Waals surface area (Å²) < 4.78 is 0. The number of quaternary nitrogens is 1. The van der Waals surface area contributed by atoms with Crippen LogP contribution in [0.25, 0.3) is 0 Å². The van der Waals surface area contributed by atoms with Gasteiger partial charge in [-0.1, -0.05) is 29.8 Å². The number of imide groups is 1. The summed E-state index contributed by atoms with van der Waals surface area (Å²) in [5.74, 6) is -1.15. The minimum absolute atomic E-state index is 0.272. The average Bonchev–Trinajstić information content (AvgIpc) is 3.19. The van der Waals surface area contributed by atoms with Crippen LogP contribution >= 0.6 is 11.6 Å². The number of nitrogens with one attached hydrogen (secondary N) is 1. The van der Waals surface area contributed by atoms with E-state index < -0.39 is 5.92 Å². The van der Waals surface area contributed by atoms with E-state index in [1.807, 2.05) is 18.2 Å². The molecule has 0 spiro atoms. The van der Waals surface area contributed by atoms with Crippen LogP contribution in [0.2, 0.25) is 5.02 Å². The fourth-order valence-electron chi connectivity index (χ4n) is 4.40. The van der Waals surface area contributed by atoms with E-state index in [9.17, 15) is 9.59 Å². The summed E-state index contributed by atoms with van der Waals surface area (Å²) in [5.41, 5.74) is 1.79. The van der Waals surface area contributed by atoms with Gasteiger partial charge in [0, 0.05) is 29.6 Å². The molecule has 0 aromatic heterocycles. The second kappa shape index (κ2) is 8.47. The van der Waals surface area contributed by atoms with Crippen molar-refractivity contribution in [2.24, 2.45) is 4.99 Å². The first-order valence-electron chi connectivity index (χ1n) is 10.2. The zero-order chi connectivity index (χ0) is 20.4. The minimum Gasteiger partial charge on any atom is -0.331 e. The second-order valence-corrected chi connectivity index (χ2v) is 8.07. The van der Waals surface area contributed by atoms with Crippen molar-refractivity contribution in [1.82, 2.24) is 0 Å². The molecule has 1 saturated heterocycles. The molecule has 2 aliphatic rings. The molecule has 3 atom stereocenters. The first-order chi connectivity index (χ1) is 14.1. The topological polar surface area (TPSA) is 54.2 Å². The van der Waals surface area contributed by atoms with E-state index in [-0.39, 0.29) is 11.8 Å². The van der Waals surface area contributed by atoms with E-state index in [4.69, 9.17) is 11.6 Å². The van der Waals surface area contributed by atoms with E-state index in [0.29, 0.717) is 28.9 Å². The van der Waals surface area contributed by atoms with E-state index >= 15 is 0 Å². The van der Waals surface area contributed by atoms with Crippen molar-refractivity contribution >= 4 is 35.3 Å². The first kappa shape index (κ1) is 19.8. The normalized spacial score (nSPS) is 24.3. The van der Waals surface area contributed by atoms with Gasteiger partial charge < -0.3 is 4.90 Å². The molecule has 2 amide bonds. The number of nitrogens with zero attached hydrogens (tertiary/aromatic N) is 2. The number of aliphatic imine (C=N–C) groups is 1. The monoisotopic (exact) mass is 410 g/mol. The smallest absolute Gasteiger partial charge is 0.265 e. The number of hydrogen-bond donors (Lipinski definition) is 1. The van der Waals surface area contributed by atoms with Gasteiger partial charge in [0.25, 0.3) is 5.91 Å². The molecule has 1 N–H and O–H groups in total. The van der Waals surface area contributed by atoms with Gasteiger partial charge >= 0.3 is 0 Å². The van der Waals surface area contributed by atoms with Crippen LogP contribution in [0, 0.1) is 0 Å². The Morgan fingerprint density at radius 3 is 2.69 bits per heavy atom. The van der Waals surface area contributed by atoms with Crippen molar-refractivity contribution in [1.29, 1.82) is 0 Å². The fraction of sp³-hybridized carbons (Fsp3) is 0.348. The third kappa shape index (κ3) is 3.85. The Labute approximate surface area is 176 Å². The summed E-state index contributed by atoms with van der Waals surface area (Å²) in [6.07, 6.45) is 4.14. The maximum absolute atomic E-state index is 13.3. The molecule has 0 saturated carbocycles. The quantitative estimate of drug-likeness (QED) is 0.608. The largest absolute Gasteiger partial charge is 0.331 e. The third-order valence-corrected chi connectivity index (χ3v) is 6.21. The number of carbonyl (C=O) groups is 2. The van der Waals surface area contributed by atoms with Crippen LogP contribution in [0.15, 0.2) is 53.5 Å². The molecule has 5 nitrogen and oxygen atoms in total. The summed E-state index contributed by atoms with van der Waals surface area (Å²) >= 11 is 5.98. The highest BCUT2D eigenvalue weighted by Gasteiger charge is 2.38. The molecular formula is C23H25ClN3O2+. The number of amides is 2. The number of fused-ring (bicyclic) bond motifs is 1.